The largest absolute Gasteiger partial charge is 0.417 e. The van der Waals surface area contributed by atoms with Gasteiger partial charge in [-0.2, -0.15) is 13.2 Å². The quantitative estimate of drug-likeness (QED) is 0.823. The molecule has 1 aromatic carbocycles. The number of halogens is 4. The lowest BCUT2D eigenvalue weighted by Gasteiger charge is -2.14. The standard InChI is InChI=1S/C12H15ClF3N/c1-3-8(2)7-17-9-4-5-11(13)10(6-9)12(14,15)16/h4-6,8,17H,3,7H2,1-2H3. The maximum Gasteiger partial charge on any atom is 0.417 e. The first-order chi connectivity index (χ1) is 7.84. The van der Waals surface area contributed by atoms with Crippen LogP contribution in [0.25, 0.3) is 0 Å². The average Bonchev–Trinajstić information content (AvgIpc) is 2.26. The molecule has 0 saturated carbocycles. The Morgan fingerprint density at radius 3 is 2.53 bits per heavy atom. The minimum atomic E-state index is -4.41. The summed E-state index contributed by atoms with van der Waals surface area (Å²) in [7, 11) is 0. The number of hydrogen-bond donors (Lipinski definition) is 1. The fraction of sp³-hybridized carbons (Fsp3) is 0.500. The Hall–Kier alpha value is -0.900. The minimum Gasteiger partial charge on any atom is -0.385 e. The van der Waals surface area contributed by atoms with Gasteiger partial charge in [0.25, 0.3) is 0 Å². The normalized spacial score (nSPS) is 13.5. The Morgan fingerprint density at radius 1 is 1.35 bits per heavy atom. The van der Waals surface area contributed by atoms with Gasteiger partial charge >= 0.3 is 6.18 Å². The molecule has 0 saturated heterocycles. The van der Waals surface area contributed by atoms with E-state index in [-0.39, 0.29) is 5.02 Å². The first-order valence-electron chi connectivity index (χ1n) is 5.45. The second-order valence-electron chi connectivity index (χ2n) is 4.09. The first-order valence-corrected chi connectivity index (χ1v) is 5.83. The molecule has 0 bridgehead atoms. The molecule has 0 spiro atoms. The maximum absolute atomic E-state index is 12.6. The van der Waals surface area contributed by atoms with Crippen molar-refractivity contribution in [1.29, 1.82) is 0 Å². The molecule has 0 aliphatic rings. The van der Waals surface area contributed by atoms with Crippen LogP contribution in [0, 0.1) is 5.92 Å². The molecule has 0 radical (unpaired) electrons. The number of benzene rings is 1. The second-order valence-corrected chi connectivity index (χ2v) is 4.49. The maximum atomic E-state index is 12.6. The summed E-state index contributed by atoms with van der Waals surface area (Å²) in [4.78, 5) is 0. The summed E-state index contributed by atoms with van der Waals surface area (Å²) in [6.45, 7) is 4.72. The van der Waals surface area contributed by atoms with Gasteiger partial charge in [0.1, 0.15) is 0 Å². The Bertz CT molecular complexity index is 377. The molecule has 5 heteroatoms. The summed E-state index contributed by atoms with van der Waals surface area (Å²) in [6.07, 6.45) is -3.43. The van der Waals surface area contributed by atoms with Gasteiger partial charge in [-0.1, -0.05) is 31.9 Å². The molecule has 0 aliphatic heterocycles. The van der Waals surface area contributed by atoms with Crippen molar-refractivity contribution in [2.24, 2.45) is 5.92 Å². The highest BCUT2D eigenvalue weighted by Gasteiger charge is 2.33. The molecule has 0 aliphatic carbocycles. The van der Waals surface area contributed by atoms with Gasteiger partial charge in [0.2, 0.25) is 0 Å². The van der Waals surface area contributed by atoms with Gasteiger partial charge in [0.05, 0.1) is 10.6 Å². The third-order valence-corrected chi connectivity index (χ3v) is 2.95. The van der Waals surface area contributed by atoms with Crippen LogP contribution < -0.4 is 5.32 Å². The Kier molecular flexibility index (Phi) is 4.69. The van der Waals surface area contributed by atoms with Crippen LogP contribution in [-0.4, -0.2) is 6.54 Å². The van der Waals surface area contributed by atoms with Crippen molar-refractivity contribution in [3.63, 3.8) is 0 Å². The molecular formula is C12H15ClF3N. The van der Waals surface area contributed by atoms with Crippen LogP contribution in [-0.2, 0) is 6.18 Å². The summed E-state index contributed by atoms with van der Waals surface area (Å²) < 4.78 is 37.7. The highest BCUT2D eigenvalue weighted by atomic mass is 35.5. The molecule has 1 rings (SSSR count). The van der Waals surface area contributed by atoms with Gasteiger partial charge in [-0.3, -0.25) is 0 Å². The van der Waals surface area contributed by atoms with E-state index in [0.29, 0.717) is 18.2 Å². The summed E-state index contributed by atoms with van der Waals surface area (Å²) >= 11 is 5.52. The molecule has 1 aromatic rings. The molecule has 1 atom stereocenters. The van der Waals surface area contributed by atoms with E-state index in [9.17, 15) is 13.2 Å². The zero-order valence-electron chi connectivity index (χ0n) is 9.74. The Balaban J connectivity index is 2.82. The van der Waals surface area contributed by atoms with Crippen molar-refractivity contribution in [1.82, 2.24) is 0 Å². The molecule has 0 heterocycles. The van der Waals surface area contributed by atoms with E-state index < -0.39 is 11.7 Å². The lowest BCUT2D eigenvalue weighted by Crippen LogP contribution is -2.12. The Labute approximate surface area is 104 Å². The predicted octanol–water partition coefficient (Wildman–Crippen LogP) is 4.82. The van der Waals surface area contributed by atoms with Crippen molar-refractivity contribution in [2.75, 3.05) is 11.9 Å². The van der Waals surface area contributed by atoms with E-state index in [4.69, 9.17) is 11.6 Å². The van der Waals surface area contributed by atoms with Gasteiger partial charge in [-0.25, -0.2) is 0 Å². The third-order valence-electron chi connectivity index (χ3n) is 2.62. The number of hydrogen-bond acceptors (Lipinski definition) is 1. The van der Waals surface area contributed by atoms with Crippen LogP contribution in [0.3, 0.4) is 0 Å². The fourth-order valence-corrected chi connectivity index (χ4v) is 1.51. The van der Waals surface area contributed by atoms with Gasteiger partial charge in [0, 0.05) is 12.2 Å². The summed E-state index contributed by atoms with van der Waals surface area (Å²) in [5, 5.41) is 2.70. The second kappa shape index (κ2) is 5.63. The van der Waals surface area contributed by atoms with Crippen LogP contribution in [0.4, 0.5) is 18.9 Å². The molecule has 0 fully saturated rings. The number of nitrogens with one attached hydrogen (secondary N) is 1. The predicted molar refractivity (Wildman–Crippen MR) is 64.4 cm³/mol. The average molecular weight is 266 g/mol. The van der Waals surface area contributed by atoms with E-state index in [1.54, 1.807) is 6.07 Å². The van der Waals surface area contributed by atoms with Gasteiger partial charge < -0.3 is 5.32 Å². The lowest BCUT2D eigenvalue weighted by molar-refractivity contribution is -0.137. The molecular weight excluding hydrogens is 251 g/mol. The van der Waals surface area contributed by atoms with E-state index in [1.807, 2.05) is 13.8 Å². The van der Waals surface area contributed by atoms with Crippen LogP contribution in [0.5, 0.6) is 0 Å². The SMILES string of the molecule is CCC(C)CNc1ccc(Cl)c(C(F)(F)F)c1. The Morgan fingerprint density at radius 2 is 2.00 bits per heavy atom. The van der Waals surface area contributed by atoms with Crippen molar-refractivity contribution >= 4 is 17.3 Å². The first kappa shape index (κ1) is 14.2. The smallest absolute Gasteiger partial charge is 0.385 e. The van der Waals surface area contributed by atoms with E-state index in [0.717, 1.165) is 12.5 Å². The van der Waals surface area contributed by atoms with Crippen LogP contribution in [0.15, 0.2) is 18.2 Å². The number of rotatable bonds is 4. The molecule has 17 heavy (non-hydrogen) atoms. The highest BCUT2D eigenvalue weighted by molar-refractivity contribution is 6.31. The van der Waals surface area contributed by atoms with Gasteiger partial charge in [0.15, 0.2) is 0 Å². The summed E-state index contributed by atoms with van der Waals surface area (Å²) in [5.74, 6) is 0.417. The molecule has 1 unspecified atom stereocenters. The molecule has 0 amide bonds. The van der Waals surface area contributed by atoms with Crippen LogP contribution >= 0.6 is 11.6 Å². The van der Waals surface area contributed by atoms with Crippen LogP contribution in [0.1, 0.15) is 25.8 Å². The zero-order valence-corrected chi connectivity index (χ0v) is 10.5. The van der Waals surface area contributed by atoms with Crippen LogP contribution in [0.2, 0.25) is 5.02 Å². The van der Waals surface area contributed by atoms with Crippen molar-refractivity contribution in [3.05, 3.63) is 28.8 Å². The van der Waals surface area contributed by atoms with Gasteiger partial charge in [-0.05, 0) is 24.1 Å². The zero-order chi connectivity index (χ0) is 13.1. The topological polar surface area (TPSA) is 12.0 Å². The van der Waals surface area contributed by atoms with E-state index in [2.05, 4.69) is 5.32 Å². The van der Waals surface area contributed by atoms with Crippen molar-refractivity contribution in [2.45, 2.75) is 26.4 Å². The lowest BCUT2D eigenvalue weighted by atomic mass is 10.1. The van der Waals surface area contributed by atoms with E-state index in [1.165, 1.54) is 6.07 Å². The molecule has 1 N–H and O–H groups in total. The minimum absolute atomic E-state index is 0.272. The number of anilines is 1. The fourth-order valence-electron chi connectivity index (χ4n) is 1.29. The molecule has 1 nitrogen and oxygen atoms in total. The highest BCUT2D eigenvalue weighted by Crippen LogP contribution is 2.36. The monoisotopic (exact) mass is 265 g/mol. The molecule has 96 valence electrons. The summed E-state index contributed by atoms with van der Waals surface area (Å²) in [5.41, 5.74) is -0.352. The van der Waals surface area contributed by atoms with Crippen molar-refractivity contribution in [3.8, 4) is 0 Å². The third kappa shape index (κ3) is 4.11. The summed E-state index contributed by atoms with van der Waals surface area (Å²) in [6, 6.07) is 3.87. The van der Waals surface area contributed by atoms with E-state index >= 15 is 0 Å². The number of alkyl halides is 3. The van der Waals surface area contributed by atoms with Crippen molar-refractivity contribution < 1.29 is 13.2 Å². The molecule has 0 aromatic heterocycles. The van der Waals surface area contributed by atoms with Gasteiger partial charge in [-0.15, -0.1) is 0 Å².